The van der Waals surface area contributed by atoms with Crippen LogP contribution in [0.25, 0.3) is 0 Å². The van der Waals surface area contributed by atoms with Crippen molar-refractivity contribution in [2.45, 2.75) is 20.3 Å². The van der Waals surface area contributed by atoms with Crippen LogP contribution in [-0.4, -0.2) is 0 Å². The van der Waals surface area contributed by atoms with Crippen molar-refractivity contribution in [3.05, 3.63) is 35.7 Å². The molecule has 0 amide bonds. The van der Waals surface area contributed by atoms with E-state index >= 15 is 0 Å². The highest BCUT2D eigenvalue weighted by molar-refractivity contribution is 5.38. The smallest absolute Gasteiger partial charge is 0.0336 e. The van der Waals surface area contributed by atoms with Crippen molar-refractivity contribution in [1.29, 1.82) is 0 Å². The fraction of sp³-hybridized carbons (Fsp3) is 0.333. The number of allylic oxidation sites excluding steroid dienone is 3. The van der Waals surface area contributed by atoms with Crippen LogP contribution >= 0.6 is 0 Å². The molecule has 1 N–H and O–H groups in total. The van der Waals surface area contributed by atoms with Gasteiger partial charge in [0.1, 0.15) is 0 Å². The number of nitrogens with one attached hydrogen (secondary N) is 1. The summed E-state index contributed by atoms with van der Waals surface area (Å²) in [5.41, 5.74) is 3.58. The fourth-order valence-electron chi connectivity index (χ4n) is 0.905. The van der Waals surface area contributed by atoms with Gasteiger partial charge in [0.15, 0.2) is 0 Å². The lowest BCUT2D eigenvalue weighted by Gasteiger charge is -2.13. The lowest BCUT2D eigenvalue weighted by Crippen LogP contribution is -2.09. The van der Waals surface area contributed by atoms with Gasteiger partial charge in [-0.2, -0.15) is 0 Å². The van der Waals surface area contributed by atoms with Crippen LogP contribution in [0.1, 0.15) is 20.3 Å². The summed E-state index contributed by atoms with van der Waals surface area (Å²) in [5.74, 6) is 0. The molecule has 0 bridgehead atoms. The first-order valence-corrected chi connectivity index (χ1v) is 3.57. The van der Waals surface area contributed by atoms with Gasteiger partial charge in [0.05, 0.1) is 0 Å². The summed E-state index contributed by atoms with van der Waals surface area (Å²) < 4.78 is 0. The zero-order chi connectivity index (χ0) is 7.56. The number of hydrogen-bond acceptors (Lipinski definition) is 1. The quantitative estimate of drug-likeness (QED) is 0.582. The van der Waals surface area contributed by atoms with Gasteiger partial charge in [0.25, 0.3) is 0 Å². The molecule has 1 rings (SSSR count). The van der Waals surface area contributed by atoms with E-state index in [9.17, 15) is 0 Å². The van der Waals surface area contributed by atoms with E-state index in [-0.39, 0.29) is 0 Å². The molecule has 1 heteroatoms. The predicted molar refractivity (Wildman–Crippen MR) is 44.4 cm³/mol. The molecule has 1 aliphatic heterocycles. The van der Waals surface area contributed by atoms with Crippen LogP contribution in [0.2, 0.25) is 0 Å². The number of rotatable bonds is 1. The minimum atomic E-state index is 1.01. The van der Waals surface area contributed by atoms with E-state index in [1.54, 1.807) is 0 Å². The molecule has 10 heavy (non-hydrogen) atoms. The topological polar surface area (TPSA) is 12.0 Å². The molecular weight excluding hydrogens is 122 g/mol. The molecule has 0 aromatic carbocycles. The Balaban J connectivity index is 2.79. The minimum Gasteiger partial charge on any atom is -0.362 e. The standard InChI is InChI=1S/C9H13N/c1-4-9-5-7(2)8(3)10-6-9/h5-6,10H,3-4H2,1-2H3. The lowest BCUT2D eigenvalue weighted by atomic mass is 10.1. The number of dihydropyridines is 1. The summed E-state index contributed by atoms with van der Waals surface area (Å²) in [7, 11) is 0. The molecule has 0 unspecified atom stereocenters. The van der Waals surface area contributed by atoms with Crippen molar-refractivity contribution in [3.8, 4) is 0 Å². The van der Waals surface area contributed by atoms with Crippen molar-refractivity contribution in [3.63, 3.8) is 0 Å². The molecule has 0 aliphatic carbocycles. The Bertz CT molecular complexity index is 209. The van der Waals surface area contributed by atoms with Gasteiger partial charge in [0.2, 0.25) is 0 Å². The second kappa shape index (κ2) is 2.74. The summed E-state index contributed by atoms with van der Waals surface area (Å²) in [4.78, 5) is 0. The first-order valence-electron chi connectivity index (χ1n) is 3.57. The van der Waals surface area contributed by atoms with E-state index in [0.717, 1.165) is 12.1 Å². The van der Waals surface area contributed by atoms with Crippen molar-refractivity contribution in [1.82, 2.24) is 5.32 Å². The molecule has 0 spiro atoms. The highest BCUT2D eigenvalue weighted by Crippen LogP contribution is 2.14. The molecule has 1 nitrogen and oxygen atoms in total. The van der Waals surface area contributed by atoms with Crippen molar-refractivity contribution in [2.75, 3.05) is 0 Å². The van der Waals surface area contributed by atoms with Crippen molar-refractivity contribution >= 4 is 0 Å². The van der Waals surface area contributed by atoms with E-state index in [1.165, 1.54) is 11.1 Å². The Morgan fingerprint density at radius 2 is 2.30 bits per heavy atom. The molecule has 0 fully saturated rings. The normalized spacial score (nSPS) is 17.6. The van der Waals surface area contributed by atoms with E-state index in [1.807, 2.05) is 6.20 Å². The Hall–Kier alpha value is -0.980. The first-order chi connectivity index (χ1) is 4.74. The Labute approximate surface area is 62.1 Å². The van der Waals surface area contributed by atoms with Crippen LogP contribution in [0.5, 0.6) is 0 Å². The van der Waals surface area contributed by atoms with E-state index in [2.05, 4.69) is 31.8 Å². The monoisotopic (exact) mass is 135 g/mol. The maximum Gasteiger partial charge on any atom is 0.0336 e. The zero-order valence-electron chi connectivity index (χ0n) is 6.57. The van der Waals surface area contributed by atoms with Crippen LogP contribution in [0, 0.1) is 0 Å². The third-order valence-corrected chi connectivity index (χ3v) is 1.72. The van der Waals surface area contributed by atoms with Crippen LogP contribution < -0.4 is 5.32 Å². The second-order valence-corrected chi connectivity index (χ2v) is 2.52. The third-order valence-electron chi connectivity index (χ3n) is 1.72. The van der Waals surface area contributed by atoms with E-state index in [0.29, 0.717) is 0 Å². The fourth-order valence-corrected chi connectivity index (χ4v) is 0.905. The van der Waals surface area contributed by atoms with Crippen molar-refractivity contribution in [2.24, 2.45) is 0 Å². The second-order valence-electron chi connectivity index (χ2n) is 2.52. The highest BCUT2D eigenvalue weighted by Gasteiger charge is 2.01. The van der Waals surface area contributed by atoms with Gasteiger partial charge in [-0.25, -0.2) is 0 Å². The average molecular weight is 135 g/mol. The average Bonchev–Trinajstić information content (AvgIpc) is 1.95. The van der Waals surface area contributed by atoms with Crippen LogP contribution in [0.4, 0.5) is 0 Å². The van der Waals surface area contributed by atoms with Crippen LogP contribution in [0.3, 0.4) is 0 Å². The van der Waals surface area contributed by atoms with Gasteiger partial charge in [-0.15, -0.1) is 0 Å². The third kappa shape index (κ3) is 1.29. The summed E-state index contributed by atoms with van der Waals surface area (Å²) in [5, 5.41) is 3.11. The van der Waals surface area contributed by atoms with Gasteiger partial charge in [0, 0.05) is 11.9 Å². The predicted octanol–water partition coefficient (Wildman–Crippen LogP) is 2.34. The first kappa shape index (κ1) is 7.13. The molecule has 54 valence electrons. The van der Waals surface area contributed by atoms with Crippen LogP contribution in [0.15, 0.2) is 35.7 Å². The summed E-state index contributed by atoms with van der Waals surface area (Å²) in [6, 6.07) is 0. The summed E-state index contributed by atoms with van der Waals surface area (Å²) in [6.45, 7) is 8.05. The molecule has 1 aliphatic rings. The molecule has 0 aromatic heterocycles. The van der Waals surface area contributed by atoms with E-state index < -0.39 is 0 Å². The molecule has 0 saturated heterocycles. The molecular formula is C9H13N. The molecule has 0 radical (unpaired) electrons. The van der Waals surface area contributed by atoms with Gasteiger partial charge in [-0.1, -0.05) is 19.6 Å². The number of hydrogen-bond donors (Lipinski definition) is 1. The van der Waals surface area contributed by atoms with Gasteiger partial charge in [-0.3, -0.25) is 0 Å². The largest absolute Gasteiger partial charge is 0.362 e. The Kier molecular flexibility index (Phi) is 1.95. The lowest BCUT2D eigenvalue weighted by molar-refractivity contribution is 0.991. The summed E-state index contributed by atoms with van der Waals surface area (Å²) >= 11 is 0. The van der Waals surface area contributed by atoms with Gasteiger partial charge < -0.3 is 5.32 Å². The van der Waals surface area contributed by atoms with E-state index in [4.69, 9.17) is 0 Å². The Morgan fingerprint density at radius 3 is 2.80 bits per heavy atom. The highest BCUT2D eigenvalue weighted by atomic mass is 14.9. The van der Waals surface area contributed by atoms with Gasteiger partial charge in [-0.05, 0) is 24.5 Å². The van der Waals surface area contributed by atoms with Crippen LogP contribution in [-0.2, 0) is 0 Å². The zero-order valence-corrected chi connectivity index (χ0v) is 6.57. The minimum absolute atomic E-state index is 1.01. The maximum atomic E-state index is 3.84. The molecule has 1 heterocycles. The maximum absolute atomic E-state index is 3.84. The summed E-state index contributed by atoms with van der Waals surface area (Å²) in [6.07, 6.45) is 5.26. The molecule has 0 saturated carbocycles. The molecule has 0 atom stereocenters. The molecule has 0 aromatic rings. The van der Waals surface area contributed by atoms with Crippen molar-refractivity contribution < 1.29 is 0 Å². The SMILES string of the molecule is C=C1NC=C(CC)C=C1C. The Morgan fingerprint density at radius 1 is 1.60 bits per heavy atom. The van der Waals surface area contributed by atoms with Gasteiger partial charge >= 0.3 is 0 Å².